The average Bonchev–Trinajstić information content (AvgIpc) is 3.43. The highest BCUT2D eigenvalue weighted by Gasteiger charge is 2.30. The third kappa shape index (κ3) is 57.6. The van der Waals surface area contributed by atoms with Gasteiger partial charge in [0.2, 0.25) is 0 Å². The van der Waals surface area contributed by atoms with Gasteiger partial charge in [-0.3, -0.25) is 37.3 Å². The Morgan fingerprint density at radius 1 is 0.337 bits per heavy atom. The van der Waals surface area contributed by atoms with Gasteiger partial charge in [0.25, 0.3) is 0 Å². The van der Waals surface area contributed by atoms with Gasteiger partial charge in [0.1, 0.15) is 19.3 Å². The van der Waals surface area contributed by atoms with Gasteiger partial charge in [-0.15, -0.1) is 0 Å². The summed E-state index contributed by atoms with van der Waals surface area (Å²) in [5, 5.41) is 10.5. The Morgan fingerprint density at radius 2 is 0.578 bits per heavy atom. The van der Waals surface area contributed by atoms with Gasteiger partial charge in [0, 0.05) is 25.7 Å². The van der Waals surface area contributed by atoms with E-state index >= 15 is 0 Å². The van der Waals surface area contributed by atoms with Gasteiger partial charge in [-0.2, -0.15) is 0 Å². The normalized spacial score (nSPS) is 14.8. The van der Waals surface area contributed by atoms with Crippen molar-refractivity contribution in [3.63, 3.8) is 0 Å². The molecule has 0 amide bonds. The van der Waals surface area contributed by atoms with Gasteiger partial charge in [0.15, 0.2) is 12.2 Å². The van der Waals surface area contributed by atoms with Crippen LogP contribution in [0, 0.1) is 23.7 Å². The molecule has 3 N–H and O–H groups in total. The number of hydrogen-bond acceptors (Lipinski definition) is 15. The van der Waals surface area contributed by atoms with Crippen molar-refractivity contribution in [3.8, 4) is 0 Å². The first kappa shape index (κ1) is 81.1. The lowest BCUT2D eigenvalue weighted by molar-refractivity contribution is -0.161. The first-order valence-corrected chi connectivity index (χ1v) is 36.2. The molecule has 0 aromatic heterocycles. The summed E-state index contributed by atoms with van der Waals surface area (Å²) >= 11 is 0. The summed E-state index contributed by atoms with van der Waals surface area (Å²) < 4.78 is 68.0. The van der Waals surface area contributed by atoms with Crippen LogP contribution in [0.5, 0.6) is 0 Å². The molecule has 0 bridgehead atoms. The first-order chi connectivity index (χ1) is 39.6. The van der Waals surface area contributed by atoms with E-state index in [1.54, 1.807) is 0 Å². The van der Waals surface area contributed by atoms with E-state index in [0.29, 0.717) is 37.5 Å². The number of esters is 4. The van der Waals surface area contributed by atoms with E-state index in [1.165, 1.54) is 103 Å². The van der Waals surface area contributed by atoms with Crippen LogP contribution in [-0.2, 0) is 65.4 Å². The van der Waals surface area contributed by atoms with Crippen LogP contribution < -0.4 is 0 Å². The van der Waals surface area contributed by atoms with Crippen molar-refractivity contribution in [1.82, 2.24) is 0 Å². The summed E-state index contributed by atoms with van der Waals surface area (Å²) in [4.78, 5) is 72.2. The Labute approximate surface area is 505 Å². The molecular formula is C64H124O17P2. The number of hydrogen-bond donors (Lipinski definition) is 3. The predicted octanol–water partition coefficient (Wildman–Crippen LogP) is 17.4. The van der Waals surface area contributed by atoms with E-state index in [9.17, 15) is 43.2 Å². The largest absolute Gasteiger partial charge is 0.472 e. The van der Waals surface area contributed by atoms with Crippen LogP contribution in [0.3, 0.4) is 0 Å². The van der Waals surface area contributed by atoms with Crippen molar-refractivity contribution in [2.75, 3.05) is 39.6 Å². The molecule has 83 heavy (non-hydrogen) atoms. The summed E-state index contributed by atoms with van der Waals surface area (Å²) in [6, 6.07) is 0. The molecule has 492 valence electrons. The number of phosphoric acid groups is 2. The van der Waals surface area contributed by atoms with Gasteiger partial charge in [-0.05, 0) is 49.4 Å². The summed E-state index contributed by atoms with van der Waals surface area (Å²) in [6.07, 6.45) is 33.7. The molecule has 0 saturated heterocycles. The zero-order valence-electron chi connectivity index (χ0n) is 53.8. The quantitative estimate of drug-likeness (QED) is 0.0222. The molecular weight excluding hydrogens is 1100 g/mol. The zero-order chi connectivity index (χ0) is 61.8. The van der Waals surface area contributed by atoms with Crippen LogP contribution in [0.25, 0.3) is 0 Å². The van der Waals surface area contributed by atoms with E-state index in [4.69, 9.17) is 37.0 Å². The fraction of sp³-hybridized carbons (Fsp3) is 0.938. The third-order valence-corrected chi connectivity index (χ3v) is 16.8. The van der Waals surface area contributed by atoms with E-state index in [-0.39, 0.29) is 25.7 Å². The van der Waals surface area contributed by atoms with E-state index in [2.05, 4.69) is 55.4 Å². The SMILES string of the molecule is CCC(C)CCCCCCCCC(=O)O[C@H](COC(=O)CCCCCCCCCCCCC(C)C)COP(=O)(O)OCC(O)COP(=O)(O)OC[C@@H](COC(=O)CCCCCCCCCC(C)C)OC(=O)CCCCCCCCCC(C)C. The Bertz CT molecular complexity index is 1660. The minimum absolute atomic E-state index is 0.102. The molecule has 6 atom stereocenters. The monoisotopic (exact) mass is 1230 g/mol. The minimum atomic E-state index is -4.95. The second-order valence-electron chi connectivity index (χ2n) is 24.8. The second-order valence-corrected chi connectivity index (χ2v) is 27.7. The highest BCUT2D eigenvalue weighted by Crippen LogP contribution is 2.45. The van der Waals surface area contributed by atoms with Crippen LogP contribution in [0.4, 0.5) is 0 Å². The number of aliphatic hydroxyl groups is 1. The van der Waals surface area contributed by atoms with Crippen LogP contribution in [0.2, 0.25) is 0 Å². The number of ether oxygens (including phenoxy) is 4. The summed E-state index contributed by atoms with van der Waals surface area (Å²) in [5.74, 6) is 0.736. The molecule has 0 heterocycles. The molecule has 0 aromatic rings. The third-order valence-electron chi connectivity index (χ3n) is 14.9. The summed E-state index contributed by atoms with van der Waals surface area (Å²) in [6.45, 7) is 13.9. The number of phosphoric ester groups is 2. The second kappa shape index (κ2) is 54.2. The number of rotatable bonds is 61. The molecule has 0 aromatic carbocycles. The lowest BCUT2D eigenvalue weighted by Gasteiger charge is -2.21. The van der Waals surface area contributed by atoms with Crippen molar-refractivity contribution < 1.29 is 80.2 Å². The van der Waals surface area contributed by atoms with Crippen LogP contribution >= 0.6 is 15.6 Å². The molecule has 0 rings (SSSR count). The van der Waals surface area contributed by atoms with Gasteiger partial charge in [-0.1, -0.05) is 254 Å². The predicted molar refractivity (Wildman–Crippen MR) is 331 cm³/mol. The van der Waals surface area contributed by atoms with Gasteiger partial charge >= 0.3 is 39.5 Å². The highest BCUT2D eigenvalue weighted by molar-refractivity contribution is 7.47. The Morgan fingerprint density at radius 3 is 0.855 bits per heavy atom. The maximum atomic E-state index is 13.0. The molecule has 17 nitrogen and oxygen atoms in total. The summed E-state index contributed by atoms with van der Waals surface area (Å²) in [5.41, 5.74) is 0. The van der Waals surface area contributed by atoms with Crippen molar-refractivity contribution >= 4 is 39.5 Å². The maximum Gasteiger partial charge on any atom is 0.472 e. The number of unbranched alkanes of at least 4 members (excludes halogenated alkanes) is 26. The Balaban J connectivity index is 5.24. The fourth-order valence-corrected chi connectivity index (χ4v) is 11.0. The zero-order valence-corrected chi connectivity index (χ0v) is 55.6. The number of carbonyl (C=O) groups is 4. The van der Waals surface area contributed by atoms with Gasteiger partial charge in [0.05, 0.1) is 26.4 Å². The van der Waals surface area contributed by atoms with E-state index in [0.717, 1.165) is 108 Å². The number of carbonyl (C=O) groups excluding carboxylic acids is 4. The minimum Gasteiger partial charge on any atom is -0.462 e. The molecule has 19 heteroatoms. The molecule has 0 aliphatic rings. The molecule has 0 aliphatic carbocycles. The van der Waals surface area contributed by atoms with Crippen LogP contribution in [0.1, 0.15) is 306 Å². The molecule has 4 unspecified atom stereocenters. The molecule has 0 spiro atoms. The summed E-state index contributed by atoms with van der Waals surface area (Å²) in [7, 11) is -9.89. The standard InChI is InChI=1S/C64H124O17P2/c1-9-57(8)43-35-27-22-23-31-39-47-64(69)81-60(51-74-61(66)44-36-28-19-13-11-10-12-16-24-32-40-54(2)3)53-79-83(72,73)77-49-58(65)48-76-82(70,71)78-52-59(80-63(68)46-38-30-21-15-18-26-34-42-56(6)7)50-75-62(67)45-37-29-20-14-17-25-33-41-55(4)5/h54-60,65H,9-53H2,1-8H3,(H,70,71)(H,72,73)/t57?,58?,59-,60-/m1/s1. The van der Waals surface area contributed by atoms with Crippen molar-refractivity contribution in [2.45, 2.75) is 324 Å². The van der Waals surface area contributed by atoms with Crippen LogP contribution in [0.15, 0.2) is 0 Å². The van der Waals surface area contributed by atoms with Gasteiger partial charge in [-0.25, -0.2) is 9.13 Å². The molecule has 0 saturated carbocycles. The highest BCUT2D eigenvalue weighted by atomic mass is 31.2. The lowest BCUT2D eigenvalue weighted by Crippen LogP contribution is -2.30. The molecule has 0 aliphatic heterocycles. The van der Waals surface area contributed by atoms with E-state index in [1.807, 2.05) is 0 Å². The van der Waals surface area contributed by atoms with Crippen molar-refractivity contribution in [3.05, 3.63) is 0 Å². The fourth-order valence-electron chi connectivity index (χ4n) is 9.40. The average molecular weight is 1230 g/mol. The maximum absolute atomic E-state index is 13.0. The smallest absolute Gasteiger partial charge is 0.462 e. The first-order valence-electron chi connectivity index (χ1n) is 33.2. The van der Waals surface area contributed by atoms with Crippen LogP contribution in [-0.4, -0.2) is 96.7 Å². The molecule has 0 fully saturated rings. The van der Waals surface area contributed by atoms with Crippen molar-refractivity contribution in [2.24, 2.45) is 23.7 Å². The Kier molecular flexibility index (Phi) is 53.0. The Hall–Kier alpha value is -1.94. The topological polar surface area (TPSA) is 237 Å². The van der Waals surface area contributed by atoms with Crippen molar-refractivity contribution in [1.29, 1.82) is 0 Å². The van der Waals surface area contributed by atoms with E-state index < -0.39 is 97.5 Å². The van der Waals surface area contributed by atoms with Gasteiger partial charge < -0.3 is 33.8 Å². The lowest BCUT2D eigenvalue weighted by atomic mass is 10.00. The molecule has 0 radical (unpaired) electrons. The number of aliphatic hydroxyl groups excluding tert-OH is 1.